The van der Waals surface area contributed by atoms with Crippen LogP contribution in [-0.2, 0) is 0 Å². The number of aromatic carboxylic acids is 2. The molecule has 5 rings (SSSR count). The summed E-state index contributed by atoms with van der Waals surface area (Å²) < 4.78 is 11.0. The maximum atomic E-state index is 11.5. The minimum atomic E-state index is -1.23. The molecule has 5 aromatic rings. The van der Waals surface area contributed by atoms with Crippen molar-refractivity contribution in [1.29, 1.82) is 0 Å². The van der Waals surface area contributed by atoms with E-state index in [1.54, 1.807) is 62.8 Å². The van der Waals surface area contributed by atoms with Crippen LogP contribution in [0.5, 0.6) is 11.5 Å². The molecule has 0 heterocycles. The topological polar surface area (TPSA) is 98.7 Å². The molecule has 0 radical (unpaired) electrons. The number of ether oxygens (including phenoxy) is 2. The van der Waals surface area contributed by atoms with E-state index in [9.17, 15) is 19.8 Å². The van der Waals surface area contributed by atoms with Crippen LogP contribution in [0, 0.1) is 23.7 Å². The molecule has 46 heavy (non-hydrogen) atoms. The maximum Gasteiger partial charge on any atom is 1.00 e. The number of carbonyl (C=O) groups excluding carboxylic acids is 2. The largest absolute Gasteiger partial charge is 1.00 e. The molecule has 0 saturated heterocycles. The van der Waals surface area contributed by atoms with E-state index in [0.29, 0.717) is 33.8 Å². The molecular weight excluding hydrogens is 598 g/mol. The van der Waals surface area contributed by atoms with Crippen LogP contribution in [0.2, 0.25) is 0 Å². The van der Waals surface area contributed by atoms with Gasteiger partial charge in [-0.3, -0.25) is 0 Å². The number of carboxylic acid groups (broad SMARTS) is 2. The summed E-state index contributed by atoms with van der Waals surface area (Å²) >= 11 is 0. The van der Waals surface area contributed by atoms with E-state index in [2.05, 4.69) is 23.7 Å². The van der Waals surface area contributed by atoms with Crippen molar-refractivity contribution in [2.45, 2.75) is 0 Å². The van der Waals surface area contributed by atoms with Crippen molar-refractivity contribution in [3.63, 3.8) is 0 Å². The third kappa shape index (κ3) is 8.51. The zero-order valence-electron chi connectivity index (χ0n) is 25.8. The van der Waals surface area contributed by atoms with Gasteiger partial charge in [0.15, 0.2) is 11.5 Å². The van der Waals surface area contributed by atoms with Crippen LogP contribution in [0.4, 0.5) is 0 Å². The van der Waals surface area contributed by atoms with Gasteiger partial charge in [-0.1, -0.05) is 96.5 Å². The second-order valence-corrected chi connectivity index (χ2v) is 9.57. The van der Waals surface area contributed by atoms with E-state index in [1.807, 2.05) is 48.5 Å². The number of hydrogen-bond acceptors (Lipinski definition) is 6. The fourth-order valence-electron chi connectivity index (χ4n) is 4.66. The first-order valence-electron chi connectivity index (χ1n) is 13.5. The van der Waals surface area contributed by atoms with Gasteiger partial charge in [-0.25, -0.2) is 0 Å². The molecule has 5 aromatic carbocycles. The molecule has 0 amide bonds. The molecule has 0 aliphatic carbocycles. The minimum Gasteiger partial charge on any atom is -0.545 e. The van der Waals surface area contributed by atoms with Gasteiger partial charge in [0.25, 0.3) is 0 Å². The Bertz CT molecular complexity index is 1850. The van der Waals surface area contributed by atoms with Crippen molar-refractivity contribution < 1.29 is 88.4 Å². The molecule has 0 spiro atoms. The molecule has 0 saturated carbocycles. The van der Waals surface area contributed by atoms with Crippen molar-refractivity contribution in [2.24, 2.45) is 0 Å². The summed E-state index contributed by atoms with van der Waals surface area (Å²) in [5, 5.41) is 23.0. The molecule has 8 heteroatoms. The van der Waals surface area contributed by atoms with Gasteiger partial charge in [-0.15, -0.1) is 0 Å². The molecule has 0 unspecified atom stereocenters. The molecular formula is C38H24Na2O6. The van der Waals surface area contributed by atoms with Gasteiger partial charge in [-0.05, 0) is 46.5 Å². The predicted molar refractivity (Wildman–Crippen MR) is 164 cm³/mol. The summed E-state index contributed by atoms with van der Waals surface area (Å²) in [4.78, 5) is 23.0. The van der Waals surface area contributed by atoms with Crippen molar-refractivity contribution in [3.05, 3.63) is 143 Å². The summed E-state index contributed by atoms with van der Waals surface area (Å²) in [7, 11) is 3.09. The van der Waals surface area contributed by atoms with E-state index in [1.165, 1.54) is 12.1 Å². The van der Waals surface area contributed by atoms with Crippen LogP contribution in [0.25, 0.3) is 22.3 Å². The average molecular weight is 623 g/mol. The summed E-state index contributed by atoms with van der Waals surface area (Å²) in [5.41, 5.74) is 5.56. The third-order valence-corrected chi connectivity index (χ3v) is 6.89. The van der Waals surface area contributed by atoms with Gasteiger partial charge in [-0.2, -0.15) is 0 Å². The van der Waals surface area contributed by atoms with Gasteiger partial charge in [0.2, 0.25) is 0 Å². The summed E-state index contributed by atoms with van der Waals surface area (Å²) in [6, 6.07) is 31.5. The zero-order chi connectivity index (χ0) is 31.1. The van der Waals surface area contributed by atoms with Crippen LogP contribution < -0.4 is 78.8 Å². The van der Waals surface area contributed by atoms with E-state index in [-0.39, 0.29) is 70.2 Å². The van der Waals surface area contributed by atoms with Crippen LogP contribution in [0.3, 0.4) is 0 Å². The summed E-state index contributed by atoms with van der Waals surface area (Å²) in [6.45, 7) is 0. The Kier molecular flexibility index (Phi) is 13.3. The Balaban J connectivity index is 0.00000288. The third-order valence-electron chi connectivity index (χ3n) is 6.89. The van der Waals surface area contributed by atoms with Gasteiger partial charge in [0.05, 0.1) is 26.2 Å². The molecule has 0 aromatic heterocycles. The SMILES string of the molecule is COc1cc(C#Cc2ccc(-c3ccccc3C(=O)[O-])cc2)c(C#Cc2ccc(-c3ccccc3C(=O)[O-])cc2)cc1OC.[Na+].[Na+]. The standard InChI is InChI=1S/C38H26O6.2Na/c1-43-35-23-29(21-15-25-11-17-27(18-12-25)31-7-3-5-9-33(31)37(39)40)30(24-36(35)44-2)22-16-26-13-19-28(20-14-26)32-8-4-6-10-34(32)38(41)42;;/h3-14,17-20,23-24H,1-2H3,(H,39,40)(H,41,42);;/q;2*+1/p-2. The minimum absolute atomic E-state index is 0. The van der Waals surface area contributed by atoms with Crippen LogP contribution in [0.1, 0.15) is 43.0 Å². The van der Waals surface area contributed by atoms with E-state index in [4.69, 9.17) is 9.47 Å². The van der Waals surface area contributed by atoms with Crippen molar-refractivity contribution in [1.82, 2.24) is 0 Å². The normalized spacial score (nSPS) is 9.61. The Hall–Kier alpha value is -4.24. The van der Waals surface area contributed by atoms with E-state index < -0.39 is 11.9 Å². The van der Waals surface area contributed by atoms with Crippen molar-refractivity contribution in [3.8, 4) is 57.4 Å². The van der Waals surface area contributed by atoms with Crippen LogP contribution in [0.15, 0.2) is 109 Å². The maximum absolute atomic E-state index is 11.5. The molecule has 214 valence electrons. The quantitative estimate of drug-likeness (QED) is 0.170. The Morgan fingerprint density at radius 1 is 0.522 bits per heavy atom. The van der Waals surface area contributed by atoms with E-state index >= 15 is 0 Å². The number of hydrogen-bond donors (Lipinski definition) is 0. The van der Waals surface area contributed by atoms with Gasteiger partial charge >= 0.3 is 59.1 Å². The summed E-state index contributed by atoms with van der Waals surface area (Å²) in [5.74, 6) is 11.2. The van der Waals surface area contributed by atoms with Gasteiger partial charge in [0.1, 0.15) is 0 Å². The van der Waals surface area contributed by atoms with Gasteiger partial charge < -0.3 is 29.3 Å². The molecule has 0 atom stereocenters. The Morgan fingerprint density at radius 3 is 1.20 bits per heavy atom. The summed E-state index contributed by atoms with van der Waals surface area (Å²) in [6.07, 6.45) is 0. The number of rotatable bonds is 6. The van der Waals surface area contributed by atoms with Crippen molar-refractivity contribution >= 4 is 11.9 Å². The van der Waals surface area contributed by atoms with Gasteiger partial charge in [0, 0.05) is 45.5 Å². The monoisotopic (exact) mass is 622 g/mol. The molecule has 0 N–H and O–H groups in total. The second kappa shape index (κ2) is 16.9. The molecule has 0 aliphatic heterocycles. The predicted octanol–water partition coefficient (Wildman–Crippen LogP) is -1.43. The molecule has 0 bridgehead atoms. The second-order valence-electron chi connectivity index (χ2n) is 9.57. The molecule has 6 nitrogen and oxygen atoms in total. The first-order chi connectivity index (χ1) is 21.4. The van der Waals surface area contributed by atoms with Crippen LogP contribution in [-0.4, -0.2) is 26.2 Å². The first-order valence-corrected chi connectivity index (χ1v) is 13.5. The number of methoxy groups -OCH3 is 2. The number of carbonyl (C=O) groups is 2. The fraction of sp³-hybridized carbons (Fsp3) is 0.0526. The Morgan fingerprint density at radius 2 is 0.870 bits per heavy atom. The smallest absolute Gasteiger partial charge is 0.545 e. The van der Waals surface area contributed by atoms with Crippen LogP contribution >= 0.6 is 0 Å². The van der Waals surface area contributed by atoms with E-state index in [0.717, 1.165) is 22.3 Å². The first kappa shape index (κ1) is 36.2. The zero-order valence-corrected chi connectivity index (χ0v) is 29.8. The molecule has 0 fully saturated rings. The Labute approximate surface area is 312 Å². The molecule has 0 aliphatic rings. The fourth-order valence-corrected chi connectivity index (χ4v) is 4.66. The average Bonchev–Trinajstić information content (AvgIpc) is 3.06. The van der Waals surface area contributed by atoms with Crippen molar-refractivity contribution in [2.75, 3.05) is 14.2 Å². The number of benzene rings is 5. The number of carboxylic acids is 2.